The van der Waals surface area contributed by atoms with Gasteiger partial charge in [0.15, 0.2) is 11.6 Å². The van der Waals surface area contributed by atoms with Crippen LogP contribution in [0.3, 0.4) is 0 Å². The topological polar surface area (TPSA) is 74.8 Å². The Morgan fingerprint density at radius 1 is 1.12 bits per heavy atom. The minimum atomic E-state index is -0.788. The average Bonchev–Trinajstić information content (AvgIpc) is 2.78. The van der Waals surface area contributed by atoms with Crippen LogP contribution in [0.1, 0.15) is 38.4 Å². The smallest absolute Gasteiger partial charge is 0.274 e. The molecule has 2 aromatic rings. The van der Waals surface area contributed by atoms with Crippen molar-refractivity contribution in [2.75, 3.05) is 37.6 Å². The van der Waals surface area contributed by atoms with Crippen LogP contribution in [-0.4, -0.2) is 54.4 Å². The number of amides is 2. The first-order chi connectivity index (χ1) is 15.5. The van der Waals surface area contributed by atoms with Gasteiger partial charge < -0.3 is 15.0 Å². The lowest BCUT2D eigenvalue weighted by molar-refractivity contribution is -0.129. The molecule has 0 aliphatic carbocycles. The minimum Gasteiger partial charge on any atom is -0.472 e. The number of carbonyl (C=O) groups excluding carboxylic acids is 2. The summed E-state index contributed by atoms with van der Waals surface area (Å²) in [6.07, 6.45) is 3.00. The molecule has 170 valence electrons. The molecule has 2 amide bonds. The molecule has 0 radical (unpaired) electrons. The quantitative estimate of drug-likeness (QED) is 0.676. The highest BCUT2D eigenvalue weighted by molar-refractivity contribution is 6.03. The van der Waals surface area contributed by atoms with Gasteiger partial charge in [0.05, 0.1) is 0 Å². The van der Waals surface area contributed by atoms with Gasteiger partial charge in [0, 0.05) is 31.4 Å². The third kappa shape index (κ3) is 5.27. The second-order valence-electron chi connectivity index (χ2n) is 9.07. The van der Waals surface area contributed by atoms with E-state index < -0.39 is 6.10 Å². The summed E-state index contributed by atoms with van der Waals surface area (Å²) >= 11 is 0. The average molecular weight is 437 g/mol. The van der Waals surface area contributed by atoms with Gasteiger partial charge in [-0.05, 0) is 43.4 Å². The number of carbonyl (C=O) groups is 2. The monoisotopic (exact) mass is 436 g/mol. The summed E-state index contributed by atoms with van der Waals surface area (Å²) in [4.78, 5) is 34.1. The molecule has 0 unspecified atom stereocenters. The number of nitrogens with one attached hydrogen (secondary N) is 1. The summed E-state index contributed by atoms with van der Waals surface area (Å²) in [6.45, 7) is 8.36. The van der Waals surface area contributed by atoms with Crippen molar-refractivity contribution in [3.8, 4) is 5.75 Å². The Labute approximate surface area is 189 Å². The van der Waals surface area contributed by atoms with E-state index in [2.05, 4.69) is 29.0 Å². The Morgan fingerprint density at radius 2 is 1.88 bits per heavy atom. The van der Waals surface area contributed by atoms with Gasteiger partial charge in [-0.2, -0.15) is 0 Å². The van der Waals surface area contributed by atoms with Gasteiger partial charge >= 0.3 is 0 Å². The van der Waals surface area contributed by atoms with E-state index in [1.54, 1.807) is 18.3 Å². The molecular formula is C25H32N4O3. The third-order valence-electron chi connectivity index (χ3n) is 6.06. The van der Waals surface area contributed by atoms with Crippen LogP contribution < -0.4 is 15.0 Å². The highest BCUT2D eigenvalue weighted by Gasteiger charge is 2.37. The number of nitrogens with zero attached hydrogens (tertiary/aromatic N) is 3. The summed E-state index contributed by atoms with van der Waals surface area (Å²) in [6, 6.07) is 12.9. The highest BCUT2D eigenvalue weighted by atomic mass is 16.5. The van der Waals surface area contributed by atoms with Crippen LogP contribution in [-0.2, 0) is 9.59 Å². The standard InChI is InChI=1S/C25H32N4O3/c1-18-14-19(2)16-28(15-18)13-7-12-26-22(30)17-29-24-21(10-6-11-27-24)32-23(25(29)31)20-8-4-3-5-9-20/h3-6,8-11,18-19,23H,7,12-17H2,1-2H3,(H,26,30)/t18-,19-,23-/m1/s1. The van der Waals surface area contributed by atoms with Gasteiger partial charge in [0.2, 0.25) is 12.0 Å². The van der Waals surface area contributed by atoms with Gasteiger partial charge in [0.1, 0.15) is 6.54 Å². The number of hydrogen-bond donors (Lipinski definition) is 1. The van der Waals surface area contributed by atoms with E-state index in [0.29, 0.717) is 18.1 Å². The van der Waals surface area contributed by atoms with E-state index in [4.69, 9.17) is 4.74 Å². The number of hydrogen-bond acceptors (Lipinski definition) is 5. The predicted octanol–water partition coefficient (Wildman–Crippen LogP) is 3.03. The maximum absolute atomic E-state index is 13.2. The maximum atomic E-state index is 13.2. The third-order valence-corrected chi connectivity index (χ3v) is 6.06. The van der Waals surface area contributed by atoms with Crippen molar-refractivity contribution in [1.29, 1.82) is 0 Å². The molecule has 0 bridgehead atoms. The number of likely N-dealkylation sites (tertiary alicyclic amines) is 1. The molecule has 3 atom stereocenters. The van der Waals surface area contributed by atoms with E-state index in [0.717, 1.165) is 43.5 Å². The Balaban J connectivity index is 1.34. The molecule has 1 N–H and O–H groups in total. The lowest BCUT2D eigenvalue weighted by Gasteiger charge is -2.35. The Bertz CT molecular complexity index is 926. The van der Waals surface area contributed by atoms with Crippen molar-refractivity contribution >= 4 is 17.6 Å². The fourth-order valence-corrected chi connectivity index (χ4v) is 4.80. The van der Waals surface area contributed by atoms with E-state index in [-0.39, 0.29) is 18.4 Å². The van der Waals surface area contributed by atoms with Crippen LogP contribution in [0.25, 0.3) is 0 Å². The van der Waals surface area contributed by atoms with Crippen molar-refractivity contribution in [2.45, 2.75) is 32.8 Å². The van der Waals surface area contributed by atoms with Crippen LogP contribution in [0.2, 0.25) is 0 Å². The molecule has 1 aromatic carbocycles. The number of benzene rings is 1. The summed E-state index contributed by atoms with van der Waals surface area (Å²) < 4.78 is 5.93. The van der Waals surface area contributed by atoms with Gasteiger partial charge in [0.25, 0.3) is 5.91 Å². The van der Waals surface area contributed by atoms with Gasteiger partial charge in [-0.15, -0.1) is 0 Å². The Hall–Kier alpha value is -2.93. The summed E-state index contributed by atoms with van der Waals surface area (Å²) in [5.41, 5.74) is 0.752. The fourth-order valence-electron chi connectivity index (χ4n) is 4.80. The molecule has 4 rings (SSSR count). The zero-order valence-corrected chi connectivity index (χ0v) is 18.9. The van der Waals surface area contributed by atoms with E-state index in [1.807, 2.05) is 30.3 Å². The first kappa shape index (κ1) is 22.3. The predicted molar refractivity (Wildman–Crippen MR) is 123 cm³/mol. The SMILES string of the molecule is C[C@@H]1C[C@@H](C)CN(CCCNC(=O)CN2C(=O)[C@@H](c3ccccc3)Oc3cccnc32)C1. The molecule has 1 fully saturated rings. The summed E-state index contributed by atoms with van der Waals surface area (Å²) in [5, 5.41) is 2.97. The minimum absolute atomic E-state index is 0.0761. The van der Waals surface area contributed by atoms with Crippen LogP contribution in [0.4, 0.5) is 5.82 Å². The largest absolute Gasteiger partial charge is 0.472 e. The molecule has 32 heavy (non-hydrogen) atoms. The molecule has 1 aromatic heterocycles. The molecule has 2 aliphatic rings. The van der Waals surface area contributed by atoms with Gasteiger partial charge in [-0.25, -0.2) is 4.98 Å². The number of ether oxygens (including phenoxy) is 1. The molecular weight excluding hydrogens is 404 g/mol. The number of piperidine rings is 1. The maximum Gasteiger partial charge on any atom is 0.274 e. The second kappa shape index (κ2) is 10.1. The molecule has 3 heterocycles. The molecule has 0 saturated carbocycles. The van der Waals surface area contributed by atoms with Gasteiger partial charge in [-0.3, -0.25) is 14.5 Å². The van der Waals surface area contributed by atoms with E-state index >= 15 is 0 Å². The zero-order valence-electron chi connectivity index (χ0n) is 18.9. The summed E-state index contributed by atoms with van der Waals surface area (Å²) in [5.74, 6) is 1.87. The fraction of sp³-hybridized carbons (Fsp3) is 0.480. The Morgan fingerprint density at radius 3 is 2.62 bits per heavy atom. The number of fused-ring (bicyclic) bond motifs is 1. The van der Waals surface area contributed by atoms with Crippen molar-refractivity contribution in [1.82, 2.24) is 15.2 Å². The van der Waals surface area contributed by atoms with Crippen molar-refractivity contribution in [3.63, 3.8) is 0 Å². The first-order valence-corrected chi connectivity index (χ1v) is 11.5. The second-order valence-corrected chi connectivity index (χ2v) is 9.07. The number of rotatable bonds is 7. The molecule has 1 saturated heterocycles. The van der Waals surface area contributed by atoms with Crippen molar-refractivity contribution in [3.05, 3.63) is 54.2 Å². The Kier molecular flexibility index (Phi) is 7.05. The highest BCUT2D eigenvalue weighted by Crippen LogP contribution is 2.36. The van der Waals surface area contributed by atoms with Crippen LogP contribution in [0.5, 0.6) is 5.75 Å². The zero-order chi connectivity index (χ0) is 22.5. The van der Waals surface area contributed by atoms with Crippen LogP contribution >= 0.6 is 0 Å². The molecule has 0 spiro atoms. The van der Waals surface area contributed by atoms with E-state index in [1.165, 1.54) is 11.3 Å². The number of pyridine rings is 1. The first-order valence-electron chi connectivity index (χ1n) is 11.5. The normalized spacial score (nSPS) is 23.4. The van der Waals surface area contributed by atoms with Crippen LogP contribution in [0.15, 0.2) is 48.7 Å². The lowest BCUT2D eigenvalue weighted by Crippen LogP contribution is -2.47. The van der Waals surface area contributed by atoms with Crippen molar-refractivity contribution < 1.29 is 14.3 Å². The molecule has 2 aliphatic heterocycles. The molecule has 7 nitrogen and oxygen atoms in total. The lowest BCUT2D eigenvalue weighted by atomic mass is 9.92. The molecule has 7 heteroatoms. The van der Waals surface area contributed by atoms with Crippen molar-refractivity contribution in [2.24, 2.45) is 11.8 Å². The van der Waals surface area contributed by atoms with Gasteiger partial charge in [-0.1, -0.05) is 44.2 Å². The number of aromatic nitrogens is 1. The summed E-state index contributed by atoms with van der Waals surface area (Å²) in [7, 11) is 0. The number of anilines is 1. The van der Waals surface area contributed by atoms with E-state index in [9.17, 15) is 9.59 Å². The van der Waals surface area contributed by atoms with Crippen LogP contribution in [0, 0.1) is 11.8 Å².